The molecule has 1 heterocycles. The van der Waals surface area contributed by atoms with Gasteiger partial charge in [0.2, 0.25) is 0 Å². The normalized spacial score (nSPS) is 19.6. The Kier molecular flexibility index (Phi) is 4.68. The Morgan fingerprint density at radius 3 is 3.06 bits per heavy atom. The lowest BCUT2D eigenvalue weighted by atomic mass is 10.2. The molecule has 0 radical (unpaired) electrons. The van der Waals surface area contributed by atoms with Crippen LogP contribution in [-0.2, 0) is 9.47 Å². The lowest BCUT2D eigenvalue weighted by molar-refractivity contribution is -0.0855. The van der Waals surface area contributed by atoms with Gasteiger partial charge in [-0.05, 0) is 28.1 Å². The summed E-state index contributed by atoms with van der Waals surface area (Å²) in [6.07, 6.45) is -0.143. The van der Waals surface area contributed by atoms with Crippen molar-refractivity contribution in [2.75, 3.05) is 26.4 Å². The van der Waals surface area contributed by atoms with Gasteiger partial charge in [-0.2, -0.15) is 0 Å². The predicted octanol–water partition coefficient (Wildman–Crippen LogP) is 1.73. The summed E-state index contributed by atoms with van der Waals surface area (Å²) in [7, 11) is 0. The molecular formula is C12H13BrFNO3. The van der Waals surface area contributed by atoms with Crippen molar-refractivity contribution < 1.29 is 18.7 Å². The number of nitrogens with one attached hydrogen (secondary N) is 1. The van der Waals surface area contributed by atoms with Gasteiger partial charge in [0.05, 0.1) is 36.0 Å². The molecule has 0 saturated carbocycles. The predicted molar refractivity (Wildman–Crippen MR) is 67.0 cm³/mol. The summed E-state index contributed by atoms with van der Waals surface area (Å²) in [5, 5.41) is 2.70. The molecule has 2 rings (SSSR count). The van der Waals surface area contributed by atoms with Crippen LogP contribution in [0.15, 0.2) is 22.7 Å². The molecular weight excluding hydrogens is 305 g/mol. The minimum atomic E-state index is -0.458. The molecule has 1 amide bonds. The third-order valence-corrected chi connectivity index (χ3v) is 3.38. The van der Waals surface area contributed by atoms with Crippen LogP contribution < -0.4 is 5.32 Å². The van der Waals surface area contributed by atoms with E-state index in [1.807, 2.05) is 0 Å². The summed E-state index contributed by atoms with van der Waals surface area (Å²) in [5.41, 5.74) is 0.270. The van der Waals surface area contributed by atoms with E-state index in [0.29, 0.717) is 26.4 Å². The van der Waals surface area contributed by atoms with Crippen molar-refractivity contribution in [3.63, 3.8) is 0 Å². The van der Waals surface area contributed by atoms with Crippen LogP contribution in [0, 0.1) is 5.82 Å². The molecule has 4 nitrogen and oxygen atoms in total. The molecule has 1 N–H and O–H groups in total. The smallest absolute Gasteiger partial charge is 0.252 e. The molecule has 0 aliphatic carbocycles. The van der Waals surface area contributed by atoms with E-state index in [-0.39, 0.29) is 22.0 Å². The summed E-state index contributed by atoms with van der Waals surface area (Å²) in [5.74, 6) is -0.796. The number of halogens is 2. The van der Waals surface area contributed by atoms with Crippen LogP contribution in [0.1, 0.15) is 10.4 Å². The van der Waals surface area contributed by atoms with Gasteiger partial charge in [0.15, 0.2) is 0 Å². The van der Waals surface area contributed by atoms with Crippen molar-refractivity contribution in [2.24, 2.45) is 0 Å². The molecule has 1 aromatic carbocycles. The van der Waals surface area contributed by atoms with Crippen LogP contribution in [0.5, 0.6) is 0 Å². The highest BCUT2D eigenvalue weighted by atomic mass is 79.9. The van der Waals surface area contributed by atoms with E-state index in [9.17, 15) is 9.18 Å². The van der Waals surface area contributed by atoms with Crippen molar-refractivity contribution in [2.45, 2.75) is 6.10 Å². The number of amides is 1. The summed E-state index contributed by atoms with van der Waals surface area (Å²) in [6, 6.07) is 4.34. The second-order valence-electron chi connectivity index (χ2n) is 3.88. The third kappa shape index (κ3) is 3.28. The quantitative estimate of drug-likeness (QED) is 0.923. The first-order valence-electron chi connectivity index (χ1n) is 5.60. The van der Waals surface area contributed by atoms with Crippen LogP contribution in [-0.4, -0.2) is 38.4 Å². The monoisotopic (exact) mass is 317 g/mol. The lowest BCUT2D eigenvalue weighted by Gasteiger charge is -2.23. The van der Waals surface area contributed by atoms with Crippen molar-refractivity contribution in [3.8, 4) is 0 Å². The first kappa shape index (κ1) is 13.5. The minimum absolute atomic E-state index is 0.143. The fraction of sp³-hybridized carbons (Fsp3) is 0.417. The standard InChI is InChI=1S/C12H13BrFNO3/c13-11-9(2-1-3-10(11)14)12(16)15-6-8-7-17-4-5-18-8/h1-3,8H,4-7H2,(H,15,16). The van der Waals surface area contributed by atoms with E-state index >= 15 is 0 Å². The molecule has 98 valence electrons. The minimum Gasteiger partial charge on any atom is -0.376 e. The molecule has 1 aromatic rings. The molecule has 1 atom stereocenters. The second kappa shape index (κ2) is 6.26. The molecule has 1 fully saturated rings. The fourth-order valence-electron chi connectivity index (χ4n) is 1.64. The number of benzene rings is 1. The van der Waals surface area contributed by atoms with Gasteiger partial charge in [0.25, 0.3) is 5.91 Å². The Balaban J connectivity index is 1.93. The topological polar surface area (TPSA) is 47.6 Å². The van der Waals surface area contributed by atoms with E-state index in [4.69, 9.17) is 9.47 Å². The first-order chi connectivity index (χ1) is 8.68. The molecule has 18 heavy (non-hydrogen) atoms. The highest BCUT2D eigenvalue weighted by molar-refractivity contribution is 9.10. The number of carbonyl (C=O) groups is 1. The largest absolute Gasteiger partial charge is 0.376 e. The van der Waals surface area contributed by atoms with Crippen LogP contribution in [0.4, 0.5) is 4.39 Å². The van der Waals surface area contributed by atoms with Crippen LogP contribution in [0.3, 0.4) is 0 Å². The van der Waals surface area contributed by atoms with Gasteiger partial charge < -0.3 is 14.8 Å². The number of hydrogen-bond acceptors (Lipinski definition) is 3. The molecule has 0 aromatic heterocycles. The Hall–Kier alpha value is -0.980. The average Bonchev–Trinajstić information content (AvgIpc) is 2.40. The zero-order chi connectivity index (χ0) is 13.0. The number of carbonyl (C=O) groups excluding carboxylic acids is 1. The SMILES string of the molecule is O=C(NCC1COCCO1)c1cccc(F)c1Br. The van der Waals surface area contributed by atoms with E-state index in [1.165, 1.54) is 12.1 Å². The molecule has 1 aliphatic rings. The Morgan fingerprint density at radius 2 is 2.33 bits per heavy atom. The number of ether oxygens (including phenoxy) is 2. The van der Waals surface area contributed by atoms with Gasteiger partial charge in [-0.25, -0.2) is 4.39 Å². The van der Waals surface area contributed by atoms with E-state index in [0.717, 1.165) is 0 Å². The zero-order valence-corrected chi connectivity index (χ0v) is 11.2. The van der Waals surface area contributed by atoms with Crippen LogP contribution in [0.25, 0.3) is 0 Å². The highest BCUT2D eigenvalue weighted by Crippen LogP contribution is 2.20. The molecule has 1 saturated heterocycles. The van der Waals surface area contributed by atoms with Crippen LogP contribution in [0.2, 0.25) is 0 Å². The second-order valence-corrected chi connectivity index (χ2v) is 4.67. The fourth-order valence-corrected chi connectivity index (χ4v) is 2.08. The summed E-state index contributed by atoms with van der Waals surface area (Å²) < 4.78 is 24.0. The molecule has 0 bridgehead atoms. The number of hydrogen-bond donors (Lipinski definition) is 1. The third-order valence-electron chi connectivity index (χ3n) is 2.57. The molecule has 0 spiro atoms. The molecule has 6 heteroatoms. The van der Waals surface area contributed by atoms with Crippen molar-refractivity contribution in [1.82, 2.24) is 5.32 Å². The molecule has 1 unspecified atom stereocenters. The van der Waals surface area contributed by atoms with Gasteiger partial charge in [0, 0.05) is 6.54 Å². The van der Waals surface area contributed by atoms with Crippen molar-refractivity contribution >= 4 is 21.8 Å². The zero-order valence-electron chi connectivity index (χ0n) is 9.62. The average molecular weight is 318 g/mol. The van der Waals surface area contributed by atoms with Crippen molar-refractivity contribution in [1.29, 1.82) is 0 Å². The first-order valence-corrected chi connectivity index (χ1v) is 6.39. The maximum atomic E-state index is 13.3. The Labute approximate surface area is 113 Å². The summed E-state index contributed by atoms with van der Waals surface area (Å²) in [4.78, 5) is 11.9. The highest BCUT2D eigenvalue weighted by Gasteiger charge is 2.17. The maximum absolute atomic E-state index is 13.3. The van der Waals surface area contributed by atoms with E-state index in [1.54, 1.807) is 6.07 Å². The number of rotatable bonds is 3. The Bertz CT molecular complexity index is 435. The van der Waals surface area contributed by atoms with Gasteiger partial charge in [0.1, 0.15) is 5.82 Å². The maximum Gasteiger partial charge on any atom is 0.252 e. The lowest BCUT2D eigenvalue weighted by Crippen LogP contribution is -2.39. The van der Waals surface area contributed by atoms with Gasteiger partial charge in [-0.1, -0.05) is 6.07 Å². The Morgan fingerprint density at radius 1 is 1.50 bits per heavy atom. The summed E-state index contributed by atoms with van der Waals surface area (Å²) in [6.45, 7) is 1.93. The summed E-state index contributed by atoms with van der Waals surface area (Å²) >= 11 is 3.06. The van der Waals surface area contributed by atoms with E-state index < -0.39 is 5.82 Å². The van der Waals surface area contributed by atoms with E-state index in [2.05, 4.69) is 21.2 Å². The van der Waals surface area contributed by atoms with Gasteiger partial charge in [-0.3, -0.25) is 4.79 Å². The van der Waals surface area contributed by atoms with Crippen molar-refractivity contribution in [3.05, 3.63) is 34.1 Å². The van der Waals surface area contributed by atoms with Gasteiger partial charge >= 0.3 is 0 Å². The van der Waals surface area contributed by atoms with Crippen LogP contribution >= 0.6 is 15.9 Å². The van der Waals surface area contributed by atoms with Gasteiger partial charge in [-0.15, -0.1) is 0 Å². The molecule has 1 aliphatic heterocycles.